The Morgan fingerprint density at radius 3 is 2.67 bits per heavy atom. The third kappa shape index (κ3) is 4.70. The van der Waals surface area contributed by atoms with E-state index in [-0.39, 0.29) is 30.1 Å². The summed E-state index contributed by atoms with van der Waals surface area (Å²) in [6.07, 6.45) is 5.45. The van der Waals surface area contributed by atoms with E-state index in [9.17, 15) is 9.18 Å². The third-order valence-corrected chi connectivity index (χ3v) is 6.59. The second-order valence-electron chi connectivity index (χ2n) is 8.54. The topological polar surface area (TPSA) is 75.1 Å². The van der Waals surface area contributed by atoms with E-state index >= 15 is 0 Å². The molecule has 1 aromatic carbocycles. The number of carbonyl (C=O) groups excluding carboxylic acids is 1. The molecular weight excluding hydrogens is 475 g/mol. The number of rotatable bonds is 7. The van der Waals surface area contributed by atoms with Crippen molar-refractivity contribution in [3.63, 3.8) is 0 Å². The van der Waals surface area contributed by atoms with E-state index in [2.05, 4.69) is 37.3 Å². The fourth-order valence-electron chi connectivity index (χ4n) is 4.59. The molecule has 1 amide bonds. The lowest BCUT2D eigenvalue weighted by Gasteiger charge is -2.29. The molecule has 0 bridgehead atoms. The van der Waals surface area contributed by atoms with Crippen LogP contribution < -0.4 is 10.6 Å². The lowest BCUT2D eigenvalue weighted by molar-refractivity contribution is -0.116. The molecule has 2 unspecified atom stereocenters. The standard InChI is InChI=1S/C27H25FN6OS/c1-18-11-12-23(34(18)19-7-6-14-29-17-19)26-25(22-10-4-5-15-30-22)32-27(36)33(26)16-13-24(35)31-21-9-3-2-8-20(21)28/h2-12,14-15,17,25-26H,13,16H2,1H3,(H,31,35)(H,32,36). The zero-order chi connectivity index (χ0) is 25.1. The van der Waals surface area contributed by atoms with Crippen molar-refractivity contribution in [1.82, 2.24) is 24.8 Å². The van der Waals surface area contributed by atoms with Gasteiger partial charge in [0.1, 0.15) is 5.82 Å². The van der Waals surface area contributed by atoms with Crippen molar-refractivity contribution >= 4 is 28.9 Å². The lowest BCUT2D eigenvalue weighted by atomic mass is 10.0. The molecule has 1 aliphatic rings. The van der Waals surface area contributed by atoms with E-state index < -0.39 is 5.82 Å². The van der Waals surface area contributed by atoms with Gasteiger partial charge in [0.05, 0.1) is 35.3 Å². The van der Waals surface area contributed by atoms with Gasteiger partial charge in [-0.2, -0.15) is 0 Å². The fourth-order valence-corrected chi connectivity index (χ4v) is 4.93. The van der Waals surface area contributed by atoms with Crippen LogP contribution in [0, 0.1) is 12.7 Å². The van der Waals surface area contributed by atoms with Gasteiger partial charge in [0.25, 0.3) is 0 Å². The Bertz CT molecular complexity index is 1380. The molecule has 0 spiro atoms. The highest BCUT2D eigenvalue weighted by Gasteiger charge is 2.41. The molecule has 9 heteroatoms. The number of pyridine rings is 2. The first-order chi connectivity index (χ1) is 17.5. The summed E-state index contributed by atoms with van der Waals surface area (Å²) in [6.45, 7) is 2.39. The first kappa shape index (κ1) is 23.6. The molecule has 4 heterocycles. The highest BCUT2D eigenvalue weighted by molar-refractivity contribution is 7.80. The molecule has 1 fully saturated rings. The average molecular weight is 501 g/mol. The van der Waals surface area contributed by atoms with E-state index in [0.29, 0.717) is 11.7 Å². The van der Waals surface area contributed by atoms with Crippen LogP contribution in [0.2, 0.25) is 0 Å². The zero-order valence-electron chi connectivity index (χ0n) is 19.6. The maximum Gasteiger partial charge on any atom is 0.226 e. The van der Waals surface area contributed by atoms with Crippen molar-refractivity contribution in [1.29, 1.82) is 0 Å². The third-order valence-electron chi connectivity index (χ3n) is 6.24. The normalized spacial score (nSPS) is 17.2. The maximum atomic E-state index is 14.0. The molecular formula is C27H25FN6OS. The minimum Gasteiger partial charge on any atom is -0.352 e. The number of halogens is 1. The number of aromatic nitrogens is 3. The molecule has 4 aromatic rings. The summed E-state index contributed by atoms with van der Waals surface area (Å²) < 4.78 is 16.2. The first-order valence-corrected chi connectivity index (χ1v) is 12.0. The number of carbonyl (C=O) groups is 1. The van der Waals surface area contributed by atoms with Crippen LogP contribution in [0.1, 0.15) is 35.6 Å². The van der Waals surface area contributed by atoms with Gasteiger partial charge < -0.3 is 20.1 Å². The summed E-state index contributed by atoms with van der Waals surface area (Å²) >= 11 is 5.74. The molecule has 0 saturated carbocycles. The summed E-state index contributed by atoms with van der Waals surface area (Å²) in [4.78, 5) is 23.6. The van der Waals surface area contributed by atoms with E-state index in [1.165, 1.54) is 6.07 Å². The molecule has 3 aromatic heterocycles. The molecule has 7 nitrogen and oxygen atoms in total. The van der Waals surface area contributed by atoms with Crippen LogP contribution in [0.4, 0.5) is 10.1 Å². The predicted octanol–water partition coefficient (Wildman–Crippen LogP) is 4.72. The van der Waals surface area contributed by atoms with Gasteiger partial charge in [-0.3, -0.25) is 14.8 Å². The molecule has 2 atom stereocenters. The summed E-state index contributed by atoms with van der Waals surface area (Å²) in [5.74, 6) is -0.760. The number of nitrogens with one attached hydrogen (secondary N) is 2. The Hall–Kier alpha value is -4.11. The molecule has 36 heavy (non-hydrogen) atoms. The predicted molar refractivity (Wildman–Crippen MR) is 140 cm³/mol. The van der Waals surface area contributed by atoms with Gasteiger partial charge in [-0.15, -0.1) is 0 Å². The Kier molecular flexibility index (Phi) is 6.73. The smallest absolute Gasteiger partial charge is 0.226 e. The number of thiocarbonyl (C=S) groups is 1. The highest BCUT2D eigenvalue weighted by Crippen LogP contribution is 2.40. The number of anilines is 1. The van der Waals surface area contributed by atoms with Gasteiger partial charge in [-0.25, -0.2) is 4.39 Å². The van der Waals surface area contributed by atoms with Gasteiger partial charge in [0, 0.05) is 36.7 Å². The van der Waals surface area contributed by atoms with E-state index in [4.69, 9.17) is 12.2 Å². The minimum atomic E-state index is -0.470. The molecule has 0 aliphatic carbocycles. The van der Waals surface area contributed by atoms with Crippen LogP contribution in [0.15, 0.2) is 85.3 Å². The van der Waals surface area contributed by atoms with E-state index in [1.54, 1.807) is 30.6 Å². The first-order valence-electron chi connectivity index (χ1n) is 11.6. The molecule has 5 rings (SSSR count). The Labute approximate surface area is 214 Å². The van der Waals surface area contributed by atoms with Crippen LogP contribution in [0.25, 0.3) is 5.69 Å². The van der Waals surface area contributed by atoms with Gasteiger partial charge >= 0.3 is 0 Å². The van der Waals surface area contributed by atoms with Gasteiger partial charge in [0.2, 0.25) is 5.91 Å². The van der Waals surface area contributed by atoms with Crippen molar-refractivity contribution in [3.05, 3.63) is 108 Å². The van der Waals surface area contributed by atoms with E-state index in [0.717, 1.165) is 22.8 Å². The van der Waals surface area contributed by atoms with Crippen LogP contribution in [0.5, 0.6) is 0 Å². The monoisotopic (exact) mass is 500 g/mol. The second kappa shape index (κ2) is 10.2. The number of nitrogens with zero attached hydrogens (tertiary/aromatic N) is 4. The number of amides is 1. The van der Waals surface area contributed by atoms with Crippen molar-refractivity contribution in [2.45, 2.75) is 25.4 Å². The van der Waals surface area contributed by atoms with E-state index in [1.807, 2.05) is 48.4 Å². The largest absolute Gasteiger partial charge is 0.352 e. The molecule has 182 valence electrons. The maximum absolute atomic E-state index is 14.0. The van der Waals surface area contributed by atoms with Gasteiger partial charge in [-0.05, 0) is 67.7 Å². The quantitative estimate of drug-likeness (QED) is 0.358. The van der Waals surface area contributed by atoms with Gasteiger partial charge in [0.15, 0.2) is 5.11 Å². The number of hydrogen-bond donors (Lipinski definition) is 2. The van der Waals surface area contributed by atoms with Crippen molar-refractivity contribution in [2.75, 3.05) is 11.9 Å². The molecule has 0 radical (unpaired) electrons. The Morgan fingerprint density at radius 2 is 1.92 bits per heavy atom. The van der Waals surface area contributed by atoms with Crippen LogP contribution in [-0.4, -0.2) is 37.0 Å². The lowest BCUT2D eigenvalue weighted by Crippen LogP contribution is -2.33. The molecule has 2 N–H and O–H groups in total. The summed E-state index contributed by atoms with van der Waals surface area (Å²) in [5, 5.41) is 6.60. The van der Waals surface area contributed by atoms with Crippen LogP contribution in [0.3, 0.4) is 0 Å². The highest BCUT2D eigenvalue weighted by atomic mass is 32.1. The Balaban J connectivity index is 1.47. The minimum absolute atomic E-state index is 0.133. The van der Waals surface area contributed by atoms with Crippen molar-refractivity contribution in [3.8, 4) is 5.69 Å². The SMILES string of the molecule is Cc1ccc(C2C(c3ccccn3)NC(=S)N2CCC(=O)Nc2ccccc2F)n1-c1cccnc1. The second-order valence-corrected chi connectivity index (χ2v) is 8.93. The average Bonchev–Trinajstić information content (AvgIpc) is 3.44. The number of aryl methyl sites for hydroxylation is 1. The number of hydrogen-bond acceptors (Lipinski definition) is 4. The fraction of sp³-hybridized carbons (Fsp3) is 0.185. The summed E-state index contributed by atoms with van der Waals surface area (Å²) in [7, 11) is 0. The summed E-state index contributed by atoms with van der Waals surface area (Å²) in [6, 6.07) is 19.5. The molecule has 1 aliphatic heterocycles. The van der Waals surface area contributed by atoms with Crippen LogP contribution >= 0.6 is 12.2 Å². The van der Waals surface area contributed by atoms with Crippen molar-refractivity contribution in [2.24, 2.45) is 0 Å². The Morgan fingerprint density at radius 1 is 1.08 bits per heavy atom. The van der Waals surface area contributed by atoms with Crippen molar-refractivity contribution < 1.29 is 9.18 Å². The number of para-hydroxylation sites is 1. The zero-order valence-corrected chi connectivity index (χ0v) is 20.5. The van der Waals surface area contributed by atoms with Crippen LogP contribution in [-0.2, 0) is 4.79 Å². The summed E-state index contributed by atoms with van der Waals surface area (Å²) in [5.41, 5.74) is 3.99. The number of benzene rings is 1. The van der Waals surface area contributed by atoms with Gasteiger partial charge in [-0.1, -0.05) is 18.2 Å². The molecule has 1 saturated heterocycles.